The molecule has 6 nitrogen and oxygen atoms in total. The predicted molar refractivity (Wildman–Crippen MR) is 96.4 cm³/mol. The first-order chi connectivity index (χ1) is 12.0. The molecule has 1 N–H and O–H groups in total. The van der Waals surface area contributed by atoms with Gasteiger partial charge in [-0.15, -0.1) is 0 Å². The van der Waals surface area contributed by atoms with Gasteiger partial charge in [0.2, 0.25) is 11.8 Å². The van der Waals surface area contributed by atoms with Gasteiger partial charge in [-0.1, -0.05) is 30.3 Å². The number of hydrogen-bond donors (Lipinski definition) is 1. The fourth-order valence-electron chi connectivity index (χ4n) is 3.36. The van der Waals surface area contributed by atoms with Gasteiger partial charge in [0.25, 0.3) is 0 Å². The highest BCUT2D eigenvalue weighted by Crippen LogP contribution is 2.39. The van der Waals surface area contributed by atoms with Crippen molar-refractivity contribution in [2.24, 2.45) is 0 Å². The first kappa shape index (κ1) is 17.5. The van der Waals surface area contributed by atoms with Gasteiger partial charge in [0.1, 0.15) is 0 Å². The van der Waals surface area contributed by atoms with Gasteiger partial charge in [0.15, 0.2) is 5.82 Å². The summed E-state index contributed by atoms with van der Waals surface area (Å²) in [7, 11) is 0. The smallest absolute Gasteiger partial charge is 0.246 e. The maximum Gasteiger partial charge on any atom is 0.246 e. The van der Waals surface area contributed by atoms with E-state index in [1.165, 1.54) is 0 Å². The monoisotopic (exact) mass is 342 g/mol. The van der Waals surface area contributed by atoms with E-state index < -0.39 is 0 Å². The molecule has 0 unspecified atom stereocenters. The van der Waals surface area contributed by atoms with Crippen molar-refractivity contribution in [1.82, 2.24) is 15.5 Å². The van der Waals surface area contributed by atoms with E-state index in [1.54, 1.807) is 0 Å². The summed E-state index contributed by atoms with van der Waals surface area (Å²) in [5.41, 5.74) is 2.14. The first-order valence-electron chi connectivity index (χ1n) is 8.94. The molecule has 0 bridgehead atoms. The van der Waals surface area contributed by atoms with E-state index >= 15 is 0 Å². The first-order valence-corrected chi connectivity index (χ1v) is 8.94. The molecule has 6 heteroatoms. The van der Waals surface area contributed by atoms with Crippen LogP contribution in [-0.4, -0.2) is 28.1 Å². The lowest BCUT2D eigenvalue weighted by molar-refractivity contribution is -0.123. The molecule has 1 amide bonds. The fraction of sp³-hybridized carbons (Fsp3) is 0.526. The van der Waals surface area contributed by atoms with Crippen LogP contribution >= 0.6 is 0 Å². The van der Waals surface area contributed by atoms with Crippen molar-refractivity contribution in [3.05, 3.63) is 41.5 Å². The average Bonchev–Trinajstić information content (AvgIpc) is 3.02. The van der Waals surface area contributed by atoms with Gasteiger partial charge < -0.3 is 14.7 Å². The molecule has 0 radical (unpaired) electrons. The number of carbonyl (C=O) groups is 1. The van der Waals surface area contributed by atoms with Crippen LogP contribution in [0.4, 0.5) is 5.69 Å². The van der Waals surface area contributed by atoms with Gasteiger partial charge in [-0.25, -0.2) is 0 Å². The molecule has 3 rings (SSSR count). The number of anilines is 1. The number of nitrogens with one attached hydrogen (secondary N) is 1. The molecule has 1 aliphatic rings. The molecule has 2 aromatic rings. The summed E-state index contributed by atoms with van der Waals surface area (Å²) in [6.07, 6.45) is 1.70. The number of aromatic nitrogens is 2. The Labute approximate surface area is 148 Å². The summed E-state index contributed by atoms with van der Waals surface area (Å²) >= 11 is 0. The van der Waals surface area contributed by atoms with E-state index in [9.17, 15) is 4.79 Å². The van der Waals surface area contributed by atoms with Crippen molar-refractivity contribution in [3.63, 3.8) is 0 Å². The lowest BCUT2D eigenvalue weighted by atomic mass is 9.85. The molecule has 1 aliphatic heterocycles. The van der Waals surface area contributed by atoms with E-state index in [2.05, 4.69) is 40.3 Å². The van der Waals surface area contributed by atoms with Crippen molar-refractivity contribution >= 4 is 11.6 Å². The van der Waals surface area contributed by atoms with Gasteiger partial charge >= 0.3 is 0 Å². The normalized spacial score (nSPS) is 20.9. The lowest BCUT2D eigenvalue weighted by Gasteiger charge is -2.39. The van der Waals surface area contributed by atoms with Crippen molar-refractivity contribution in [3.8, 4) is 0 Å². The minimum atomic E-state index is -0.124. The van der Waals surface area contributed by atoms with E-state index in [4.69, 9.17) is 4.52 Å². The lowest BCUT2D eigenvalue weighted by Crippen LogP contribution is -2.44. The highest BCUT2D eigenvalue weighted by Gasteiger charge is 2.34. The van der Waals surface area contributed by atoms with Crippen LogP contribution in [0.25, 0.3) is 0 Å². The number of aryl methyl sites for hydroxylation is 1. The fourth-order valence-corrected chi connectivity index (χ4v) is 3.36. The number of hydrogen-bond acceptors (Lipinski definition) is 5. The number of benzene rings is 1. The van der Waals surface area contributed by atoms with Gasteiger partial charge in [-0.05, 0) is 45.2 Å². The van der Waals surface area contributed by atoms with Crippen LogP contribution in [0.3, 0.4) is 0 Å². The Hall–Kier alpha value is -2.37. The zero-order chi connectivity index (χ0) is 18.0. The topological polar surface area (TPSA) is 71.3 Å². The third kappa shape index (κ3) is 3.67. The molecule has 0 fully saturated rings. The van der Waals surface area contributed by atoms with Crippen LogP contribution in [0, 0.1) is 6.92 Å². The summed E-state index contributed by atoms with van der Waals surface area (Å²) in [6, 6.07) is 8.51. The Morgan fingerprint density at radius 3 is 2.88 bits per heavy atom. The van der Waals surface area contributed by atoms with E-state index in [-0.39, 0.29) is 23.9 Å². The number of fused-ring (bicyclic) bond motifs is 1. The molecule has 0 saturated carbocycles. The van der Waals surface area contributed by atoms with Crippen molar-refractivity contribution < 1.29 is 9.32 Å². The van der Waals surface area contributed by atoms with Gasteiger partial charge in [-0.2, -0.15) is 4.98 Å². The van der Waals surface area contributed by atoms with Gasteiger partial charge in [0, 0.05) is 17.8 Å². The second kappa shape index (κ2) is 7.25. The molecule has 0 aliphatic carbocycles. The van der Waals surface area contributed by atoms with Crippen molar-refractivity contribution in [2.75, 3.05) is 4.90 Å². The minimum absolute atomic E-state index is 0.113. The maximum atomic E-state index is 12.8. The molecule has 0 spiro atoms. The number of nitrogens with zero attached hydrogens (tertiary/aromatic N) is 3. The third-order valence-corrected chi connectivity index (χ3v) is 4.92. The summed E-state index contributed by atoms with van der Waals surface area (Å²) in [5, 5.41) is 7.00. The standard InChI is InChI=1S/C19H26N4O2/c1-5-12(2)20-19(24)16-10-13(3)23(11-18-21-14(4)22-25-18)17-9-7-6-8-15(16)17/h6-9,12-13,16H,5,10-11H2,1-4H3,(H,20,24)/t12-,13-,16+/m0/s1. The Balaban J connectivity index is 1.88. The SMILES string of the molecule is CC[C@H](C)NC(=O)[C@@H]1C[C@H](C)N(Cc2nc(C)no2)c2ccccc21. The largest absolute Gasteiger partial charge is 0.359 e. The van der Waals surface area contributed by atoms with Crippen LogP contribution in [0.15, 0.2) is 28.8 Å². The number of carbonyl (C=O) groups excluding carboxylic acids is 1. The van der Waals surface area contributed by atoms with Crippen LogP contribution < -0.4 is 10.2 Å². The molecule has 1 aromatic carbocycles. The Morgan fingerprint density at radius 2 is 2.20 bits per heavy atom. The number of rotatable bonds is 5. The van der Waals surface area contributed by atoms with Gasteiger partial charge in [0.05, 0.1) is 12.5 Å². The number of para-hydroxylation sites is 1. The predicted octanol–water partition coefficient (Wildman–Crippen LogP) is 3.18. The average molecular weight is 342 g/mol. The van der Waals surface area contributed by atoms with Gasteiger partial charge in [-0.3, -0.25) is 4.79 Å². The van der Waals surface area contributed by atoms with Crippen LogP contribution in [-0.2, 0) is 11.3 Å². The molecule has 1 aromatic heterocycles. The molecular formula is C19H26N4O2. The van der Waals surface area contributed by atoms with Crippen LogP contribution in [0.1, 0.15) is 56.8 Å². The van der Waals surface area contributed by atoms with Crippen molar-refractivity contribution in [1.29, 1.82) is 0 Å². The van der Waals surface area contributed by atoms with E-state index in [0.717, 1.165) is 24.1 Å². The zero-order valence-corrected chi connectivity index (χ0v) is 15.3. The summed E-state index contributed by atoms with van der Waals surface area (Å²) in [5.74, 6) is 1.23. The van der Waals surface area contributed by atoms with Crippen LogP contribution in [0.2, 0.25) is 0 Å². The Kier molecular flexibility index (Phi) is 5.06. The minimum Gasteiger partial charge on any atom is -0.359 e. The molecule has 25 heavy (non-hydrogen) atoms. The number of amides is 1. The molecule has 2 heterocycles. The van der Waals surface area contributed by atoms with Crippen molar-refractivity contribution in [2.45, 2.75) is 65.1 Å². The maximum absolute atomic E-state index is 12.8. The summed E-state index contributed by atoms with van der Waals surface area (Å²) in [4.78, 5) is 19.3. The quantitative estimate of drug-likeness (QED) is 0.903. The molecular weight excluding hydrogens is 316 g/mol. The highest BCUT2D eigenvalue weighted by atomic mass is 16.5. The van der Waals surface area contributed by atoms with Crippen LogP contribution in [0.5, 0.6) is 0 Å². The zero-order valence-electron chi connectivity index (χ0n) is 15.3. The highest BCUT2D eigenvalue weighted by molar-refractivity contribution is 5.86. The second-order valence-electron chi connectivity index (χ2n) is 6.88. The Morgan fingerprint density at radius 1 is 1.44 bits per heavy atom. The molecule has 0 saturated heterocycles. The van der Waals surface area contributed by atoms with E-state index in [0.29, 0.717) is 18.3 Å². The molecule has 3 atom stereocenters. The molecule has 134 valence electrons. The second-order valence-corrected chi connectivity index (χ2v) is 6.88. The summed E-state index contributed by atoms with van der Waals surface area (Å²) in [6.45, 7) is 8.63. The van der Waals surface area contributed by atoms with E-state index in [1.807, 2.05) is 32.0 Å². The Bertz CT molecular complexity index is 743. The third-order valence-electron chi connectivity index (χ3n) is 4.92. The summed E-state index contributed by atoms with van der Waals surface area (Å²) < 4.78 is 5.29.